The first-order valence-corrected chi connectivity index (χ1v) is 14.5. The molecule has 1 saturated heterocycles. The van der Waals surface area contributed by atoms with Crippen molar-refractivity contribution in [3.63, 3.8) is 0 Å². The van der Waals surface area contributed by atoms with Crippen LogP contribution in [0, 0.1) is 5.82 Å². The van der Waals surface area contributed by atoms with Crippen LogP contribution in [0.4, 0.5) is 10.2 Å². The summed E-state index contributed by atoms with van der Waals surface area (Å²) < 4.78 is 16.5. The maximum atomic E-state index is 15.1. The molecule has 43 heavy (non-hydrogen) atoms. The monoisotopic (exact) mass is 605 g/mol. The first-order valence-electron chi connectivity index (χ1n) is 14.1. The molecule has 0 bridgehead atoms. The number of phenols is 1. The quantitative estimate of drug-likeness (QED) is 0.298. The lowest BCUT2D eigenvalue weighted by Crippen LogP contribution is -2.54. The zero-order valence-corrected chi connectivity index (χ0v) is 25.4. The zero-order valence-electron chi connectivity index (χ0n) is 24.7. The Morgan fingerprint density at radius 1 is 1.14 bits per heavy atom. The smallest absolute Gasteiger partial charge is 0.354 e. The Morgan fingerprint density at radius 2 is 1.81 bits per heavy atom. The highest BCUT2D eigenvalue weighted by molar-refractivity contribution is 6.38. The highest BCUT2D eigenvalue weighted by atomic mass is 35.5. The molecule has 0 aliphatic carbocycles. The van der Waals surface area contributed by atoms with Gasteiger partial charge in [0.1, 0.15) is 23.7 Å². The standard InChI is InChI=1S/C31H33ClFN7O3/c1-7-22(42)38-11-12-39(18(6)14-38)30-19-13-34-27(23-20(33)9-8-10-21(23)41)24(32)28(19)40(31(43)37-30)29-25(16(2)3)35-15-36-26(29)17(4)5/h7-10,13,15-18,41H,1,11-12,14H2,2-6H3/t18-/m0/s1. The van der Waals surface area contributed by atoms with Gasteiger partial charge in [-0.2, -0.15) is 4.98 Å². The Kier molecular flexibility index (Phi) is 8.20. The van der Waals surface area contributed by atoms with E-state index in [2.05, 4.69) is 26.5 Å². The third-order valence-corrected chi connectivity index (χ3v) is 8.02. The first kappa shape index (κ1) is 30.1. The van der Waals surface area contributed by atoms with E-state index in [4.69, 9.17) is 11.6 Å². The number of anilines is 1. The molecule has 1 fully saturated rings. The molecule has 4 aromatic rings. The predicted molar refractivity (Wildman–Crippen MR) is 165 cm³/mol. The molecular weight excluding hydrogens is 573 g/mol. The van der Waals surface area contributed by atoms with Crippen molar-refractivity contribution in [2.24, 2.45) is 0 Å². The molecule has 10 nitrogen and oxygen atoms in total. The van der Waals surface area contributed by atoms with Crippen LogP contribution < -0.4 is 10.6 Å². The number of amides is 1. The Labute approximate surface area is 253 Å². The summed E-state index contributed by atoms with van der Waals surface area (Å²) in [5, 5.41) is 11.0. The average Bonchev–Trinajstić information content (AvgIpc) is 2.97. The van der Waals surface area contributed by atoms with Gasteiger partial charge < -0.3 is 14.9 Å². The predicted octanol–water partition coefficient (Wildman–Crippen LogP) is 5.21. The summed E-state index contributed by atoms with van der Waals surface area (Å²) in [6.45, 7) is 14.5. The minimum atomic E-state index is -0.720. The highest BCUT2D eigenvalue weighted by Gasteiger charge is 2.32. The van der Waals surface area contributed by atoms with E-state index in [0.29, 0.717) is 47.9 Å². The Balaban J connectivity index is 1.87. The number of hydrogen-bond donors (Lipinski definition) is 1. The largest absolute Gasteiger partial charge is 0.507 e. The minimum absolute atomic E-state index is 0.0291. The van der Waals surface area contributed by atoms with Crippen LogP contribution in [0.15, 0.2) is 48.2 Å². The number of benzene rings is 1. The second kappa shape index (κ2) is 11.7. The normalized spacial score (nSPS) is 15.5. The van der Waals surface area contributed by atoms with Crippen LogP contribution in [0.25, 0.3) is 27.8 Å². The van der Waals surface area contributed by atoms with E-state index in [1.165, 1.54) is 41.4 Å². The van der Waals surface area contributed by atoms with Crippen LogP contribution in [0.2, 0.25) is 5.02 Å². The third kappa shape index (κ3) is 5.22. The molecule has 0 saturated carbocycles. The summed E-state index contributed by atoms with van der Waals surface area (Å²) in [5.74, 6) is -1.09. The average molecular weight is 606 g/mol. The second-order valence-corrected chi connectivity index (χ2v) is 11.6. The van der Waals surface area contributed by atoms with E-state index in [0.717, 1.165) is 0 Å². The van der Waals surface area contributed by atoms with Crippen molar-refractivity contribution >= 4 is 34.2 Å². The van der Waals surface area contributed by atoms with E-state index in [-0.39, 0.29) is 51.3 Å². The van der Waals surface area contributed by atoms with Gasteiger partial charge in [0, 0.05) is 31.9 Å². The summed E-state index contributed by atoms with van der Waals surface area (Å²) in [4.78, 5) is 48.2. The lowest BCUT2D eigenvalue weighted by atomic mass is 10.0. The molecule has 3 aromatic heterocycles. The number of fused-ring (bicyclic) bond motifs is 1. The molecule has 4 heterocycles. The van der Waals surface area contributed by atoms with Gasteiger partial charge in [0.15, 0.2) is 0 Å². The van der Waals surface area contributed by atoms with Gasteiger partial charge in [-0.25, -0.2) is 19.2 Å². The Hall–Kier alpha value is -4.38. The number of aromatic hydroxyl groups is 1. The van der Waals surface area contributed by atoms with E-state index in [9.17, 15) is 14.7 Å². The molecule has 12 heteroatoms. The van der Waals surface area contributed by atoms with Crippen LogP contribution in [0.5, 0.6) is 5.75 Å². The molecule has 1 N–H and O–H groups in total. The number of pyridine rings is 1. The van der Waals surface area contributed by atoms with Crippen molar-refractivity contribution in [3.8, 4) is 22.7 Å². The van der Waals surface area contributed by atoms with Gasteiger partial charge in [0.2, 0.25) is 5.91 Å². The third-order valence-electron chi connectivity index (χ3n) is 7.66. The number of halogens is 2. The molecule has 0 radical (unpaired) electrons. The number of piperazine rings is 1. The molecule has 1 aliphatic rings. The molecule has 5 rings (SSSR count). The van der Waals surface area contributed by atoms with Crippen LogP contribution in [0.3, 0.4) is 0 Å². The van der Waals surface area contributed by atoms with E-state index in [1.807, 2.05) is 39.5 Å². The van der Waals surface area contributed by atoms with Crippen molar-refractivity contribution in [1.82, 2.24) is 29.4 Å². The number of phenolic OH excluding ortho intramolecular Hbond substituents is 1. The van der Waals surface area contributed by atoms with Crippen molar-refractivity contribution in [1.29, 1.82) is 0 Å². The highest BCUT2D eigenvalue weighted by Crippen LogP contribution is 2.41. The van der Waals surface area contributed by atoms with E-state index < -0.39 is 11.5 Å². The summed E-state index contributed by atoms with van der Waals surface area (Å²) in [7, 11) is 0. The summed E-state index contributed by atoms with van der Waals surface area (Å²) >= 11 is 7.09. The minimum Gasteiger partial charge on any atom is -0.507 e. The fraction of sp³-hybridized carbons (Fsp3) is 0.355. The molecule has 1 atom stereocenters. The fourth-order valence-corrected chi connectivity index (χ4v) is 5.92. The van der Waals surface area contributed by atoms with Crippen molar-refractivity contribution < 1.29 is 14.3 Å². The van der Waals surface area contributed by atoms with Gasteiger partial charge in [-0.3, -0.25) is 14.3 Å². The fourth-order valence-electron chi connectivity index (χ4n) is 5.59. The van der Waals surface area contributed by atoms with Gasteiger partial charge in [-0.1, -0.05) is 51.9 Å². The lowest BCUT2D eigenvalue weighted by molar-refractivity contribution is -0.126. The van der Waals surface area contributed by atoms with Gasteiger partial charge >= 0.3 is 5.69 Å². The molecule has 1 aromatic carbocycles. The molecule has 0 unspecified atom stereocenters. The first-order chi connectivity index (χ1) is 20.5. The second-order valence-electron chi connectivity index (χ2n) is 11.2. The number of nitrogens with zero attached hydrogens (tertiary/aromatic N) is 7. The van der Waals surface area contributed by atoms with Crippen LogP contribution in [0.1, 0.15) is 57.8 Å². The Morgan fingerprint density at radius 3 is 2.40 bits per heavy atom. The number of carbonyl (C=O) groups excluding carboxylic acids is 1. The van der Waals surface area contributed by atoms with Crippen LogP contribution in [-0.2, 0) is 4.79 Å². The van der Waals surface area contributed by atoms with Crippen LogP contribution in [-0.4, -0.2) is 66.1 Å². The zero-order chi connectivity index (χ0) is 31.2. The van der Waals surface area contributed by atoms with Gasteiger partial charge in [0.05, 0.1) is 44.3 Å². The SMILES string of the molecule is C=CC(=O)N1CCN(c2nc(=O)n(-c3c(C(C)C)ncnc3C(C)C)c3c(Cl)c(-c4c(O)cccc4F)ncc23)[C@@H](C)C1. The maximum Gasteiger partial charge on any atom is 0.354 e. The van der Waals surface area contributed by atoms with E-state index >= 15 is 4.39 Å². The summed E-state index contributed by atoms with van der Waals surface area (Å²) in [6.07, 6.45) is 4.24. The van der Waals surface area contributed by atoms with Gasteiger partial charge in [0.25, 0.3) is 0 Å². The number of hydrogen-bond acceptors (Lipinski definition) is 8. The number of rotatable bonds is 6. The topological polar surface area (TPSA) is 117 Å². The van der Waals surface area contributed by atoms with Crippen molar-refractivity contribution in [2.75, 3.05) is 24.5 Å². The molecule has 1 amide bonds. The molecule has 224 valence electrons. The number of aromatic nitrogens is 5. The Bertz CT molecular complexity index is 1760. The van der Waals surface area contributed by atoms with Gasteiger partial charge in [-0.15, -0.1) is 0 Å². The van der Waals surface area contributed by atoms with Crippen molar-refractivity contribution in [3.05, 3.63) is 76.1 Å². The van der Waals surface area contributed by atoms with E-state index in [1.54, 1.807) is 4.90 Å². The molecule has 0 spiro atoms. The lowest BCUT2D eigenvalue weighted by Gasteiger charge is -2.40. The summed E-state index contributed by atoms with van der Waals surface area (Å²) in [5.41, 5.74) is 1.07. The number of carbonyl (C=O) groups is 1. The molecular formula is C31H33ClFN7O3. The van der Waals surface area contributed by atoms with Crippen molar-refractivity contribution in [2.45, 2.75) is 52.5 Å². The molecule has 1 aliphatic heterocycles. The van der Waals surface area contributed by atoms with Gasteiger partial charge in [-0.05, 0) is 37.0 Å². The maximum absolute atomic E-state index is 15.1. The van der Waals surface area contributed by atoms with Crippen LogP contribution >= 0.6 is 11.6 Å². The summed E-state index contributed by atoms with van der Waals surface area (Å²) in [6, 6.07) is 3.71.